The second kappa shape index (κ2) is 6.74. The fraction of sp³-hybridized carbons (Fsp3) is 0.609. The second-order valence-corrected chi connectivity index (χ2v) is 9.35. The van der Waals surface area contributed by atoms with E-state index in [9.17, 15) is 0 Å². The lowest BCUT2D eigenvalue weighted by molar-refractivity contribution is -0.00959. The van der Waals surface area contributed by atoms with E-state index in [1.54, 1.807) is 0 Å². The van der Waals surface area contributed by atoms with Crippen LogP contribution in [0.5, 0.6) is 11.5 Å². The molecule has 0 spiro atoms. The molecule has 5 aliphatic heterocycles. The van der Waals surface area contributed by atoms with Crippen LogP contribution in [0.25, 0.3) is 0 Å². The summed E-state index contributed by atoms with van der Waals surface area (Å²) in [6, 6.07) is 8.26. The molecule has 7 rings (SSSR count). The molecule has 4 saturated heterocycles. The Balaban J connectivity index is 1.34. The van der Waals surface area contributed by atoms with E-state index >= 15 is 0 Å². The third-order valence-corrected chi connectivity index (χ3v) is 7.57. The van der Waals surface area contributed by atoms with Crippen molar-refractivity contribution in [1.82, 2.24) is 19.4 Å². The van der Waals surface area contributed by atoms with Crippen molar-refractivity contribution in [2.75, 3.05) is 26.4 Å². The molecule has 5 aliphatic rings. The first-order valence-electron chi connectivity index (χ1n) is 11.1. The Bertz CT molecular complexity index is 902. The van der Waals surface area contributed by atoms with Gasteiger partial charge in [0.2, 0.25) is 6.79 Å². The van der Waals surface area contributed by atoms with Crippen LogP contribution in [0, 0.1) is 5.92 Å². The number of nitrogens with zero attached hydrogens (tertiary/aromatic N) is 4. The van der Waals surface area contributed by atoms with Gasteiger partial charge < -0.3 is 14.0 Å². The Morgan fingerprint density at radius 3 is 2.76 bits per heavy atom. The summed E-state index contributed by atoms with van der Waals surface area (Å²) in [7, 11) is 0. The van der Waals surface area contributed by atoms with Gasteiger partial charge in [0.1, 0.15) is 5.82 Å². The minimum Gasteiger partial charge on any atom is -0.454 e. The van der Waals surface area contributed by atoms with Crippen molar-refractivity contribution in [2.24, 2.45) is 5.92 Å². The largest absolute Gasteiger partial charge is 0.454 e. The molecule has 0 amide bonds. The number of imidazole rings is 1. The highest BCUT2D eigenvalue weighted by atomic mass is 16.7. The molecular formula is C23H30N4O2. The zero-order chi connectivity index (χ0) is 19.5. The van der Waals surface area contributed by atoms with Gasteiger partial charge in [-0.1, -0.05) is 6.07 Å². The van der Waals surface area contributed by atoms with E-state index < -0.39 is 0 Å². The number of benzene rings is 1. The summed E-state index contributed by atoms with van der Waals surface area (Å²) in [4.78, 5) is 10.2. The average molecular weight is 395 g/mol. The summed E-state index contributed by atoms with van der Waals surface area (Å²) < 4.78 is 13.6. The smallest absolute Gasteiger partial charge is 0.231 e. The molecule has 0 N–H and O–H groups in total. The molecule has 6 heteroatoms. The minimum absolute atomic E-state index is 0.341. The summed E-state index contributed by atoms with van der Waals surface area (Å²) in [6.45, 7) is 9.35. The van der Waals surface area contributed by atoms with Crippen molar-refractivity contribution < 1.29 is 9.47 Å². The summed E-state index contributed by atoms with van der Waals surface area (Å²) >= 11 is 0. The highest BCUT2D eigenvalue weighted by molar-refractivity contribution is 5.46. The number of aromatic nitrogens is 2. The number of fused-ring (bicyclic) bond motifs is 3. The van der Waals surface area contributed by atoms with E-state index in [2.05, 4.69) is 52.6 Å². The van der Waals surface area contributed by atoms with Gasteiger partial charge in [0.25, 0.3) is 0 Å². The molecular weight excluding hydrogens is 364 g/mol. The molecule has 0 saturated carbocycles. The van der Waals surface area contributed by atoms with Gasteiger partial charge in [-0.2, -0.15) is 0 Å². The topological polar surface area (TPSA) is 42.8 Å². The molecule has 0 unspecified atom stereocenters. The van der Waals surface area contributed by atoms with Gasteiger partial charge in [0, 0.05) is 43.0 Å². The van der Waals surface area contributed by atoms with E-state index in [0.717, 1.165) is 30.5 Å². The molecule has 6 nitrogen and oxygen atoms in total. The van der Waals surface area contributed by atoms with Crippen LogP contribution in [0.2, 0.25) is 0 Å². The van der Waals surface area contributed by atoms with Crippen LogP contribution < -0.4 is 9.47 Å². The molecule has 4 fully saturated rings. The van der Waals surface area contributed by atoms with Crippen molar-refractivity contribution in [3.05, 3.63) is 42.0 Å². The van der Waals surface area contributed by atoms with Crippen LogP contribution >= 0.6 is 0 Å². The lowest BCUT2D eigenvalue weighted by Crippen LogP contribution is -2.60. The van der Waals surface area contributed by atoms with Gasteiger partial charge in [0.05, 0.1) is 6.54 Å². The molecule has 3 atom stereocenters. The van der Waals surface area contributed by atoms with Crippen molar-refractivity contribution in [1.29, 1.82) is 0 Å². The third-order valence-electron chi connectivity index (χ3n) is 7.57. The second-order valence-electron chi connectivity index (χ2n) is 9.35. The molecule has 1 aromatic carbocycles. The maximum Gasteiger partial charge on any atom is 0.231 e. The van der Waals surface area contributed by atoms with Crippen LogP contribution in [-0.2, 0) is 6.54 Å². The van der Waals surface area contributed by atoms with Gasteiger partial charge >= 0.3 is 0 Å². The quantitative estimate of drug-likeness (QED) is 0.796. The van der Waals surface area contributed by atoms with Crippen molar-refractivity contribution in [3.63, 3.8) is 0 Å². The van der Waals surface area contributed by atoms with E-state index in [0.29, 0.717) is 30.8 Å². The van der Waals surface area contributed by atoms with E-state index in [4.69, 9.17) is 14.5 Å². The molecule has 2 aromatic rings. The maximum atomic E-state index is 5.69. The lowest BCUT2D eigenvalue weighted by Gasteiger charge is -2.51. The Hall–Kier alpha value is -2.05. The zero-order valence-corrected chi connectivity index (χ0v) is 17.3. The van der Waals surface area contributed by atoms with Crippen molar-refractivity contribution in [2.45, 2.75) is 57.3 Å². The fourth-order valence-electron chi connectivity index (χ4n) is 6.28. The van der Waals surface area contributed by atoms with Gasteiger partial charge in [0.15, 0.2) is 11.5 Å². The van der Waals surface area contributed by atoms with Gasteiger partial charge in [-0.3, -0.25) is 9.80 Å². The SMILES string of the molecule is CC(C)n1ccnc1CN1C[C@@H](c2ccc3c(c2)OCO3)[C@@H]2[C@H]1C1CCN2CC1. The predicted molar refractivity (Wildman–Crippen MR) is 110 cm³/mol. The first-order valence-corrected chi connectivity index (χ1v) is 11.1. The number of rotatable bonds is 4. The summed E-state index contributed by atoms with van der Waals surface area (Å²) in [5, 5.41) is 0. The number of piperidine rings is 3. The fourth-order valence-corrected chi connectivity index (χ4v) is 6.28. The van der Waals surface area contributed by atoms with Crippen LogP contribution in [-0.4, -0.2) is 57.9 Å². The highest BCUT2D eigenvalue weighted by Gasteiger charge is 2.53. The van der Waals surface area contributed by atoms with Crippen LogP contribution in [0.4, 0.5) is 0 Å². The van der Waals surface area contributed by atoms with Gasteiger partial charge in [-0.25, -0.2) is 4.98 Å². The Labute approximate surface area is 172 Å². The van der Waals surface area contributed by atoms with Crippen LogP contribution in [0.15, 0.2) is 30.6 Å². The molecule has 0 radical (unpaired) electrons. The Morgan fingerprint density at radius 2 is 1.93 bits per heavy atom. The predicted octanol–water partition coefficient (Wildman–Crippen LogP) is 3.25. The summed E-state index contributed by atoms with van der Waals surface area (Å²) in [5.41, 5.74) is 1.39. The number of likely N-dealkylation sites (tertiary alicyclic amines) is 1. The molecule has 2 bridgehead atoms. The van der Waals surface area contributed by atoms with E-state index in [1.165, 1.54) is 37.3 Å². The first-order chi connectivity index (χ1) is 14.2. The van der Waals surface area contributed by atoms with Crippen LogP contribution in [0.3, 0.4) is 0 Å². The summed E-state index contributed by atoms with van der Waals surface area (Å²) in [5.74, 6) is 4.31. The number of ether oxygens (including phenoxy) is 2. The van der Waals surface area contributed by atoms with E-state index in [1.807, 2.05) is 6.20 Å². The molecule has 154 valence electrons. The van der Waals surface area contributed by atoms with E-state index in [-0.39, 0.29) is 0 Å². The molecule has 0 aliphatic carbocycles. The maximum absolute atomic E-state index is 5.69. The summed E-state index contributed by atoms with van der Waals surface area (Å²) in [6.07, 6.45) is 6.75. The zero-order valence-electron chi connectivity index (χ0n) is 17.3. The standard InChI is InChI=1S/C23H30N4O2/c1-15(2)27-10-7-24-21(27)13-26-12-18(17-3-4-19-20(11-17)29-14-28-19)23-22(26)16-5-8-25(23)9-6-16/h3-4,7,10-11,15-16,18,22-23H,5-6,8-9,12-14H2,1-2H3/t18-,22+,23+/m0/s1. The highest BCUT2D eigenvalue weighted by Crippen LogP contribution is 2.48. The average Bonchev–Trinajstić information content (AvgIpc) is 3.47. The number of hydrogen-bond acceptors (Lipinski definition) is 5. The Morgan fingerprint density at radius 1 is 1.10 bits per heavy atom. The molecule has 1 aromatic heterocycles. The van der Waals surface area contributed by atoms with Gasteiger partial charge in [-0.05, 0) is 63.4 Å². The first kappa shape index (κ1) is 17.8. The van der Waals surface area contributed by atoms with Crippen molar-refractivity contribution >= 4 is 0 Å². The van der Waals surface area contributed by atoms with Crippen LogP contribution in [0.1, 0.15) is 50.0 Å². The Kier molecular flexibility index (Phi) is 4.13. The molecule has 6 heterocycles. The molecule has 29 heavy (non-hydrogen) atoms. The van der Waals surface area contributed by atoms with Gasteiger partial charge in [-0.15, -0.1) is 0 Å². The monoisotopic (exact) mass is 394 g/mol. The minimum atomic E-state index is 0.341. The third kappa shape index (κ3) is 2.80. The normalized spacial score (nSPS) is 32.9. The lowest BCUT2D eigenvalue weighted by atomic mass is 9.75. The van der Waals surface area contributed by atoms with Crippen molar-refractivity contribution in [3.8, 4) is 11.5 Å². The number of hydrogen-bond donors (Lipinski definition) is 0.